The first-order valence-electron chi connectivity index (χ1n) is 12.1. The smallest absolute Gasteiger partial charge is 0.311 e. The van der Waals surface area contributed by atoms with Crippen molar-refractivity contribution in [3.8, 4) is 0 Å². The Kier molecular flexibility index (Phi) is 5.68. The Morgan fingerprint density at radius 2 is 1.80 bits per heavy atom. The van der Waals surface area contributed by atoms with Crippen LogP contribution < -0.4 is 0 Å². The Hall–Kier alpha value is -2.58. The molecule has 1 aromatic carbocycles. The first kappa shape index (κ1) is 24.1. The number of rotatable bonds is 3. The van der Waals surface area contributed by atoms with Crippen molar-refractivity contribution in [1.29, 1.82) is 0 Å². The Morgan fingerprint density at radius 3 is 2.46 bits per heavy atom. The lowest BCUT2D eigenvalue weighted by molar-refractivity contribution is -0.153. The summed E-state index contributed by atoms with van der Waals surface area (Å²) >= 11 is 1.51. The Morgan fingerprint density at radius 1 is 1.09 bits per heavy atom. The van der Waals surface area contributed by atoms with Crippen LogP contribution in [0.5, 0.6) is 0 Å². The lowest BCUT2D eigenvalue weighted by atomic mass is 9.75. The number of fused-ring (bicyclic) bond motifs is 2. The van der Waals surface area contributed by atoms with Crippen molar-refractivity contribution in [2.75, 3.05) is 19.8 Å². The molecule has 5 rings (SSSR count). The minimum Gasteiger partial charge on any atom is -0.461 e. The molecule has 2 saturated heterocycles. The summed E-state index contributed by atoms with van der Waals surface area (Å²) in [5, 5.41) is 10.5. The van der Waals surface area contributed by atoms with Crippen LogP contribution in [0.3, 0.4) is 0 Å². The quantitative estimate of drug-likeness (QED) is 0.512. The summed E-state index contributed by atoms with van der Waals surface area (Å²) in [5.41, 5.74) is 0.273. The lowest BCUT2D eigenvalue weighted by Gasteiger charge is -2.42. The normalized spacial score (nSPS) is 35.2. The number of cyclic esters (lactones) is 1. The second kappa shape index (κ2) is 8.23. The number of carbonyl (C=O) groups excluding carboxylic acids is 3. The summed E-state index contributed by atoms with van der Waals surface area (Å²) in [4.78, 5) is 45.3. The number of hydrogen-bond acceptors (Lipinski definition) is 6. The highest BCUT2D eigenvalue weighted by Crippen LogP contribution is 2.66. The second-order valence-corrected chi connectivity index (χ2v) is 12.7. The summed E-state index contributed by atoms with van der Waals surface area (Å²) in [5.74, 6) is -2.40. The average molecular weight is 497 g/mol. The third-order valence-corrected chi connectivity index (χ3v) is 9.55. The van der Waals surface area contributed by atoms with Gasteiger partial charge in [0.1, 0.15) is 12.6 Å². The van der Waals surface area contributed by atoms with Gasteiger partial charge in [-0.15, -0.1) is 11.8 Å². The van der Waals surface area contributed by atoms with Crippen molar-refractivity contribution >= 4 is 29.5 Å². The summed E-state index contributed by atoms with van der Waals surface area (Å²) in [6.07, 6.45) is 7.72. The van der Waals surface area contributed by atoms with Crippen molar-refractivity contribution in [1.82, 2.24) is 9.80 Å². The first-order chi connectivity index (χ1) is 16.5. The number of ether oxygens (including phenoxy) is 1. The van der Waals surface area contributed by atoms with Gasteiger partial charge in [-0.3, -0.25) is 14.4 Å². The van der Waals surface area contributed by atoms with Crippen LogP contribution in [0.4, 0.5) is 0 Å². The van der Waals surface area contributed by atoms with E-state index in [0.717, 1.165) is 5.56 Å². The van der Waals surface area contributed by atoms with Crippen molar-refractivity contribution in [3.63, 3.8) is 0 Å². The number of likely N-dealkylation sites (tertiary alicyclic amines) is 1. The predicted octanol–water partition coefficient (Wildman–Crippen LogP) is 2.72. The molecule has 4 aliphatic heterocycles. The van der Waals surface area contributed by atoms with Crippen LogP contribution in [-0.4, -0.2) is 73.5 Å². The fraction of sp³-hybridized carbons (Fsp3) is 0.519. The Balaban J connectivity index is 1.72. The first-order valence-corrected chi connectivity index (χ1v) is 12.9. The van der Waals surface area contributed by atoms with Crippen LogP contribution in [0.25, 0.3) is 0 Å². The number of benzene rings is 1. The summed E-state index contributed by atoms with van der Waals surface area (Å²) in [6.45, 7) is 8.13. The van der Waals surface area contributed by atoms with E-state index in [-0.39, 0.29) is 25.0 Å². The predicted molar refractivity (Wildman–Crippen MR) is 133 cm³/mol. The fourth-order valence-electron chi connectivity index (χ4n) is 6.26. The number of thioether (sulfide) groups is 1. The van der Waals surface area contributed by atoms with Gasteiger partial charge in [0, 0.05) is 16.8 Å². The van der Waals surface area contributed by atoms with Crippen LogP contribution >= 0.6 is 11.8 Å². The van der Waals surface area contributed by atoms with Gasteiger partial charge in [0.2, 0.25) is 11.8 Å². The highest BCUT2D eigenvalue weighted by atomic mass is 32.2. The van der Waals surface area contributed by atoms with Gasteiger partial charge in [-0.05, 0) is 39.3 Å². The summed E-state index contributed by atoms with van der Waals surface area (Å²) < 4.78 is 3.82. The Labute approximate surface area is 210 Å². The van der Waals surface area contributed by atoms with E-state index >= 15 is 0 Å². The zero-order valence-corrected chi connectivity index (χ0v) is 21.3. The molecule has 0 saturated carbocycles. The average Bonchev–Trinajstić information content (AvgIpc) is 3.05. The van der Waals surface area contributed by atoms with E-state index in [0.29, 0.717) is 6.54 Å². The van der Waals surface area contributed by atoms with Crippen LogP contribution in [0.2, 0.25) is 0 Å². The van der Waals surface area contributed by atoms with E-state index in [1.165, 1.54) is 11.8 Å². The molecule has 4 heterocycles. The number of aliphatic hydroxyl groups excluding tert-OH is 1. The van der Waals surface area contributed by atoms with Crippen molar-refractivity contribution < 1.29 is 24.2 Å². The molecular weight excluding hydrogens is 464 g/mol. The largest absolute Gasteiger partial charge is 0.461 e. The number of carbonyl (C=O) groups is 3. The molecule has 0 bridgehead atoms. The van der Waals surface area contributed by atoms with E-state index in [1.807, 2.05) is 82.3 Å². The maximum Gasteiger partial charge on any atom is 0.311 e. The lowest BCUT2D eigenvalue weighted by Crippen LogP contribution is -2.58. The zero-order valence-electron chi connectivity index (χ0n) is 20.5. The molecule has 0 aliphatic carbocycles. The molecule has 6 atom stereocenters. The summed E-state index contributed by atoms with van der Waals surface area (Å²) in [6, 6.07) is 7.70. The van der Waals surface area contributed by atoms with Crippen LogP contribution in [0.15, 0.2) is 54.6 Å². The highest BCUT2D eigenvalue weighted by Gasteiger charge is 2.74. The van der Waals surface area contributed by atoms with Crippen molar-refractivity contribution in [2.45, 2.75) is 54.8 Å². The molecule has 1 unspecified atom stereocenters. The van der Waals surface area contributed by atoms with Crippen LogP contribution in [0.1, 0.15) is 39.3 Å². The van der Waals surface area contributed by atoms with Gasteiger partial charge in [-0.1, -0.05) is 48.6 Å². The molecule has 8 heteroatoms. The molecule has 2 amide bonds. The third-order valence-electron chi connectivity index (χ3n) is 7.75. The van der Waals surface area contributed by atoms with Crippen molar-refractivity contribution in [2.24, 2.45) is 11.8 Å². The molecular formula is C27H32N2O5S. The van der Waals surface area contributed by atoms with Gasteiger partial charge >= 0.3 is 5.97 Å². The maximum absolute atomic E-state index is 14.4. The topological polar surface area (TPSA) is 87.2 Å². The van der Waals surface area contributed by atoms with Crippen LogP contribution in [0, 0.1) is 11.8 Å². The van der Waals surface area contributed by atoms with E-state index in [2.05, 4.69) is 0 Å². The molecule has 1 spiro atoms. The van der Waals surface area contributed by atoms with Gasteiger partial charge in [-0.25, -0.2) is 0 Å². The minimum absolute atomic E-state index is 0.169. The number of esters is 1. The van der Waals surface area contributed by atoms with Crippen LogP contribution in [-0.2, 0) is 19.1 Å². The molecule has 0 aromatic heterocycles. The molecule has 1 N–H and O–H groups in total. The van der Waals surface area contributed by atoms with E-state index in [9.17, 15) is 19.5 Å². The molecule has 0 radical (unpaired) electrons. The van der Waals surface area contributed by atoms with Gasteiger partial charge in [0.25, 0.3) is 0 Å². The number of hydrogen-bond donors (Lipinski definition) is 1. The number of amides is 2. The third kappa shape index (κ3) is 3.48. The van der Waals surface area contributed by atoms with E-state index < -0.39 is 44.9 Å². The van der Waals surface area contributed by atoms with Gasteiger partial charge < -0.3 is 19.6 Å². The number of aliphatic hydroxyl groups is 1. The second-order valence-electron chi connectivity index (χ2n) is 10.9. The Bertz CT molecular complexity index is 1110. The minimum atomic E-state index is -0.962. The van der Waals surface area contributed by atoms with Gasteiger partial charge in [-0.2, -0.15) is 0 Å². The van der Waals surface area contributed by atoms with Gasteiger partial charge in [0.05, 0.1) is 29.2 Å². The van der Waals surface area contributed by atoms with E-state index in [4.69, 9.17) is 4.74 Å². The zero-order chi connectivity index (χ0) is 25.2. The summed E-state index contributed by atoms with van der Waals surface area (Å²) in [7, 11) is 0. The molecule has 1 aromatic rings. The number of nitrogens with zero attached hydrogens (tertiary/aromatic N) is 2. The van der Waals surface area contributed by atoms with Gasteiger partial charge in [0.15, 0.2) is 0 Å². The molecule has 35 heavy (non-hydrogen) atoms. The monoisotopic (exact) mass is 496 g/mol. The molecule has 7 nitrogen and oxygen atoms in total. The molecule has 186 valence electrons. The standard InChI is InChI=1S/C27H32N2O5S/c1-25(2,3)28-14-8-13-27-19(20-24(33)34-15-9-12-26(20,4)35-27)22(31)29(21(27)23(28)32)18(16-30)17-10-6-5-7-11-17/h5-13,18-21,30H,14-16H2,1-4H3/t18-,19+,20-,21?,26+,27+/m1/s1. The van der Waals surface area contributed by atoms with Crippen molar-refractivity contribution in [3.05, 3.63) is 60.2 Å². The highest BCUT2D eigenvalue weighted by molar-refractivity contribution is 8.02. The molecule has 4 aliphatic rings. The fourth-order valence-corrected chi connectivity index (χ4v) is 8.40. The maximum atomic E-state index is 14.4. The SMILES string of the molecule is CC(C)(C)N1CC=C[C@]23S[C@@]4(C)C=CCOC(=O)[C@H]4[C@H]2C(=O)N([C@H](CO)c2ccccc2)C3C1=O. The van der Waals surface area contributed by atoms with E-state index in [1.54, 1.807) is 9.80 Å². The molecule has 2 fully saturated rings.